The average molecular weight is 345 g/mol. The van der Waals surface area contributed by atoms with Crippen LogP contribution in [0.5, 0.6) is 0 Å². The summed E-state index contributed by atoms with van der Waals surface area (Å²) in [6.07, 6.45) is 6.02. The molecular formula is C20H28O3Si. The van der Waals surface area contributed by atoms with Crippen molar-refractivity contribution in [3.05, 3.63) is 41.0 Å². The van der Waals surface area contributed by atoms with E-state index in [1.165, 1.54) is 18.9 Å². The zero-order valence-electron chi connectivity index (χ0n) is 15.0. The molecule has 0 saturated carbocycles. The maximum Gasteiger partial charge on any atom is 0.234 e. The van der Waals surface area contributed by atoms with Crippen molar-refractivity contribution < 1.29 is 14.7 Å². The van der Waals surface area contributed by atoms with Crippen molar-refractivity contribution in [1.82, 2.24) is 0 Å². The lowest BCUT2D eigenvalue weighted by atomic mass is 9.86. The Labute approximate surface area is 145 Å². The topological polar surface area (TPSA) is 54.4 Å². The normalized spacial score (nSPS) is 15.0. The van der Waals surface area contributed by atoms with E-state index >= 15 is 0 Å². The standard InChI is InChI=1S/C20H28O3Si/c1-24(2,3)14-10-6-4-5-7-13-17-18(21)15-11-8-9-12-16(15)19(22)20(17)23/h8-9,11-12,21H,4-7,10,13-14H2,1-3H3. The molecule has 1 aliphatic carbocycles. The van der Waals surface area contributed by atoms with Crippen LogP contribution in [-0.4, -0.2) is 24.7 Å². The van der Waals surface area contributed by atoms with Crippen LogP contribution in [0.2, 0.25) is 25.7 Å². The van der Waals surface area contributed by atoms with Gasteiger partial charge in [0, 0.05) is 24.8 Å². The summed E-state index contributed by atoms with van der Waals surface area (Å²) in [7, 11) is -0.935. The molecule has 4 heteroatoms. The molecule has 0 fully saturated rings. The Morgan fingerprint density at radius 1 is 0.833 bits per heavy atom. The minimum Gasteiger partial charge on any atom is -0.507 e. The van der Waals surface area contributed by atoms with Crippen molar-refractivity contribution in [2.24, 2.45) is 0 Å². The molecule has 24 heavy (non-hydrogen) atoms. The van der Waals surface area contributed by atoms with Crippen LogP contribution < -0.4 is 0 Å². The van der Waals surface area contributed by atoms with Crippen LogP contribution in [-0.2, 0) is 4.79 Å². The third-order valence-electron chi connectivity index (χ3n) is 4.55. The molecule has 1 aromatic rings. The van der Waals surface area contributed by atoms with E-state index in [2.05, 4.69) is 19.6 Å². The van der Waals surface area contributed by atoms with Gasteiger partial charge < -0.3 is 5.11 Å². The van der Waals surface area contributed by atoms with E-state index in [0.717, 1.165) is 19.3 Å². The van der Waals surface area contributed by atoms with Gasteiger partial charge in [-0.05, 0) is 12.8 Å². The van der Waals surface area contributed by atoms with E-state index in [1.54, 1.807) is 24.3 Å². The fourth-order valence-corrected chi connectivity index (χ4v) is 4.45. The lowest BCUT2D eigenvalue weighted by Crippen LogP contribution is -2.24. The second-order valence-corrected chi connectivity index (χ2v) is 13.5. The molecule has 0 aliphatic heterocycles. The lowest BCUT2D eigenvalue weighted by molar-refractivity contribution is -0.112. The Morgan fingerprint density at radius 3 is 2.08 bits per heavy atom. The van der Waals surface area contributed by atoms with Gasteiger partial charge >= 0.3 is 0 Å². The highest BCUT2D eigenvalue weighted by atomic mass is 28.3. The molecular weight excluding hydrogens is 316 g/mol. The summed E-state index contributed by atoms with van der Waals surface area (Å²) < 4.78 is 0. The van der Waals surface area contributed by atoms with E-state index < -0.39 is 19.6 Å². The van der Waals surface area contributed by atoms with Crippen molar-refractivity contribution in [3.8, 4) is 0 Å². The van der Waals surface area contributed by atoms with Crippen LogP contribution in [0.25, 0.3) is 5.76 Å². The molecule has 0 heterocycles. The molecule has 3 nitrogen and oxygen atoms in total. The maximum absolute atomic E-state index is 12.2. The molecule has 0 bridgehead atoms. The number of aliphatic hydroxyl groups excluding tert-OH is 1. The second-order valence-electron chi connectivity index (χ2n) is 7.86. The van der Waals surface area contributed by atoms with Gasteiger partial charge in [-0.15, -0.1) is 0 Å². The zero-order valence-corrected chi connectivity index (χ0v) is 16.0. The molecule has 1 N–H and O–H groups in total. The van der Waals surface area contributed by atoms with Gasteiger partial charge in [0.25, 0.3) is 0 Å². The summed E-state index contributed by atoms with van der Waals surface area (Å²) in [4.78, 5) is 24.4. The number of fused-ring (bicyclic) bond motifs is 1. The predicted octanol–water partition coefficient (Wildman–Crippen LogP) is 5.40. The van der Waals surface area contributed by atoms with Crippen LogP contribution in [0.15, 0.2) is 29.8 Å². The highest BCUT2D eigenvalue weighted by molar-refractivity contribution is 6.76. The zero-order chi connectivity index (χ0) is 17.7. The first-order valence-electron chi connectivity index (χ1n) is 8.92. The van der Waals surface area contributed by atoms with Crippen LogP contribution in [0, 0.1) is 0 Å². The van der Waals surface area contributed by atoms with Crippen molar-refractivity contribution in [1.29, 1.82) is 0 Å². The van der Waals surface area contributed by atoms with E-state index in [-0.39, 0.29) is 5.76 Å². The second kappa shape index (κ2) is 7.93. The molecule has 2 rings (SSSR count). The van der Waals surface area contributed by atoms with Crippen LogP contribution in [0.1, 0.15) is 54.4 Å². The SMILES string of the molecule is C[Si](C)(C)CCCCCCCC1=C(O)c2ccccc2C(=O)C1=O. The minimum absolute atomic E-state index is 0.00562. The number of benzene rings is 1. The van der Waals surface area contributed by atoms with E-state index in [9.17, 15) is 14.7 Å². The number of carbonyl (C=O) groups excluding carboxylic acids is 2. The third-order valence-corrected chi connectivity index (χ3v) is 6.40. The monoisotopic (exact) mass is 344 g/mol. The molecule has 0 amide bonds. The highest BCUT2D eigenvalue weighted by Crippen LogP contribution is 2.30. The quantitative estimate of drug-likeness (QED) is 0.390. The first kappa shape index (κ1) is 18.7. The van der Waals surface area contributed by atoms with Crippen molar-refractivity contribution in [3.63, 3.8) is 0 Å². The van der Waals surface area contributed by atoms with Crippen LogP contribution in [0.4, 0.5) is 0 Å². The number of hydrogen-bond donors (Lipinski definition) is 1. The average Bonchev–Trinajstić information content (AvgIpc) is 2.53. The molecule has 130 valence electrons. The Hall–Kier alpha value is -1.68. The fraction of sp³-hybridized carbons (Fsp3) is 0.500. The summed E-state index contributed by atoms with van der Waals surface area (Å²) in [6.45, 7) is 7.18. The third kappa shape index (κ3) is 4.66. The minimum atomic E-state index is -0.935. The number of carbonyl (C=O) groups is 2. The number of hydrogen-bond acceptors (Lipinski definition) is 3. The Balaban J connectivity index is 1.86. The van der Waals surface area contributed by atoms with Gasteiger partial charge in [0.05, 0.1) is 0 Å². The molecule has 0 saturated heterocycles. The summed E-state index contributed by atoms with van der Waals surface area (Å²) in [5.74, 6) is -1.03. The molecule has 0 spiro atoms. The Morgan fingerprint density at radius 2 is 1.42 bits per heavy atom. The highest BCUT2D eigenvalue weighted by Gasteiger charge is 2.31. The van der Waals surface area contributed by atoms with E-state index in [0.29, 0.717) is 23.1 Å². The number of ketones is 2. The molecule has 0 atom stereocenters. The fourth-order valence-electron chi connectivity index (χ4n) is 3.14. The van der Waals surface area contributed by atoms with Crippen molar-refractivity contribution in [2.75, 3.05) is 0 Å². The van der Waals surface area contributed by atoms with Gasteiger partial charge in [0.15, 0.2) is 0 Å². The first-order valence-corrected chi connectivity index (χ1v) is 12.6. The van der Waals surface area contributed by atoms with Gasteiger partial charge in [-0.3, -0.25) is 9.59 Å². The van der Waals surface area contributed by atoms with Crippen LogP contribution >= 0.6 is 0 Å². The van der Waals surface area contributed by atoms with Gasteiger partial charge in [-0.2, -0.15) is 0 Å². The first-order chi connectivity index (χ1) is 11.3. The van der Waals surface area contributed by atoms with Gasteiger partial charge in [-0.25, -0.2) is 0 Å². The summed E-state index contributed by atoms with van der Waals surface area (Å²) in [5, 5.41) is 10.4. The molecule has 0 radical (unpaired) electrons. The van der Waals surface area contributed by atoms with Gasteiger partial charge in [0.2, 0.25) is 11.6 Å². The number of allylic oxidation sites excluding steroid dienone is 1. The predicted molar refractivity (Wildman–Crippen MR) is 101 cm³/mol. The maximum atomic E-state index is 12.2. The Kier molecular flexibility index (Phi) is 6.16. The van der Waals surface area contributed by atoms with Crippen molar-refractivity contribution in [2.45, 2.75) is 64.2 Å². The number of aliphatic hydroxyl groups is 1. The van der Waals surface area contributed by atoms with Gasteiger partial charge in [0.1, 0.15) is 5.76 Å². The Bertz CT molecular complexity index is 653. The molecule has 1 aromatic carbocycles. The lowest BCUT2D eigenvalue weighted by Gasteiger charge is -2.17. The number of rotatable bonds is 8. The van der Waals surface area contributed by atoms with E-state index in [4.69, 9.17) is 0 Å². The molecule has 1 aliphatic rings. The van der Waals surface area contributed by atoms with Crippen LogP contribution in [0.3, 0.4) is 0 Å². The molecule has 0 unspecified atom stereocenters. The van der Waals surface area contributed by atoms with Crippen molar-refractivity contribution >= 4 is 25.4 Å². The summed E-state index contributed by atoms with van der Waals surface area (Å²) in [6, 6.07) is 8.15. The van der Waals surface area contributed by atoms with Gasteiger partial charge in [-0.1, -0.05) is 75.6 Å². The summed E-state index contributed by atoms with van der Waals surface area (Å²) in [5.41, 5.74) is 1.10. The summed E-state index contributed by atoms with van der Waals surface area (Å²) >= 11 is 0. The largest absolute Gasteiger partial charge is 0.507 e. The van der Waals surface area contributed by atoms with E-state index in [1.807, 2.05) is 0 Å². The number of Topliss-reactive ketones (excluding diaryl/α,β-unsaturated/α-hetero) is 2. The number of unbranched alkanes of at least 4 members (excludes halogenated alkanes) is 4. The molecule has 0 aromatic heterocycles. The smallest absolute Gasteiger partial charge is 0.234 e.